The minimum absolute atomic E-state index is 0.0379. The van der Waals surface area contributed by atoms with Crippen LogP contribution >= 0.6 is 11.3 Å². The summed E-state index contributed by atoms with van der Waals surface area (Å²) in [7, 11) is 0. The Labute approximate surface area is 144 Å². The summed E-state index contributed by atoms with van der Waals surface area (Å²) >= 11 is 1.54. The molecule has 24 heavy (non-hydrogen) atoms. The van der Waals surface area contributed by atoms with Gasteiger partial charge in [0.25, 0.3) is 0 Å². The predicted octanol–water partition coefficient (Wildman–Crippen LogP) is 3.27. The molecule has 0 aliphatic heterocycles. The Hall–Kier alpha value is -2.47. The predicted molar refractivity (Wildman–Crippen MR) is 92.3 cm³/mol. The van der Waals surface area contributed by atoms with Crippen LogP contribution in [0.4, 0.5) is 0 Å². The number of ketones is 1. The molecule has 1 aromatic carbocycles. The van der Waals surface area contributed by atoms with Crippen molar-refractivity contribution in [3.8, 4) is 0 Å². The first-order valence-corrected chi connectivity index (χ1v) is 8.37. The minimum atomic E-state index is -1.13. The van der Waals surface area contributed by atoms with Gasteiger partial charge in [-0.3, -0.25) is 9.59 Å². The van der Waals surface area contributed by atoms with E-state index in [4.69, 9.17) is 0 Å². The highest BCUT2D eigenvalue weighted by atomic mass is 32.1. The van der Waals surface area contributed by atoms with Crippen molar-refractivity contribution in [1.29, 1.82) is 0 Å². The Morgan fingerprint density at radius 1 is 1.12 bits per heavy atom. The summed E-state index contributed by atoms with van der Waals surface area (Å²) in [6.45, 7) is 3.80. The Morgan fingerprint density at radius 3 is 2.33 bits per heavy atom. The van der Waals surface area contributed by atoms with Gasteiger partial charge in [0, 0.05) is 28.2 Å². The maximum absolute atomic E-state index is 12.2. The lowest BCUT2D eigenvalue weighted by Gasteiger charge is -2.14. The highest BCUT2D eigenvalue weighted by Gasteiger charge is 2.22. The third-order valence-corrected chi connectivity index (χ3v) is 4.57. The van der Waals surface area contributed by atoms with Crippen LogP contribution in [0.15, 0.2) is 36.4 Å². The van der Waals surface area contributed by atoms with Gasteiger partial charge in [-0.1, -0.05) is 30.3 Å². The van der Waals surface area contributed by atoms with E-state index in [1.165, 1.54) is 0 Å². The molecule has 0 aliphatic rings. The number of nitrogens with one attached hydrogen (secondary N) is 1. The number of amides is 1. The van der Waals surface area contributed by atoms with Crippen LogP contribution in [0, 0.1) is 13.8 Å². The van der Waals surface area contributed by atoms with E-state index in [9.17, 15) is 19.5 Å². The van der Waals surface area contributed by atoms with E-state index >= 15 is 0 Å². The van der Waals surface area contributed by atoms with Gasteiger partial charge in [-0.2, -0.15) is 0 Å². The summed E-state index contributed by atoms with van der Waals surface area (Å²) in [5.74, 6) is -1.69. The van der Waals surface area contributed by atoms with Crippen molar-refractivity contribution in [3.05, 3.63) is 57.3 Å². The molecule has 0 spiro atoms. The first-order valence-electron chi connectivity index (χ1n) is 7.56. The molecule has 0 saturated carbocycles. The van der Waals surface area contributed by atoms with Crippen molar-refractivity contribution in [1.82, 2.24) is 5.32 Å². The Morgan fingerprint density at radius 2 is 1.79 bits per heavy atom. The molecule has 6 heteroatoms. The molecular weight excluding hydrogens is 326 g/mol. The zero-order chi connectivity index (χ0) is 17.7. The zero-order valence-electron chi connectivity index (χ0n) is 13.5. The number of hydrogen-bond donors (Lipinski definition) is 2. The molecule has 5 nitrogen and oxygen atoms in total. The lowest BCUT2D eigenvalue weighted by Crippen LogP contribution is -2.33. The molecule has 0 aliphatic carbocycles. The zero-order valence-corrected chi connectivity index (χ0v) is 14.4. The van der Waals surface area contributed by atoms with E-state index < -0.39 is 17.9 Å². The molecule has 2 N–H and O–H groups in total. The topological polar surface area (TPSA) is 83.5 Å². The Balaban J connectivity index is 1.95. The standard InChI is InChI=1S/C18H19NO4S/c1-11-10-14(12(2)24-11)15(20)8-9-16(21)19-17(18(22)23)13-6-4-3-5-7-13/h3-7,10,17H,8-9H2,1-2H3,(H,19,21)(H,22,23)/t17-/m0/s1. The normalized spacial score (nSPS) is 11.8. The second-order valence-electron chi connectivity index (χ2n) is 5.50. The van der Waals surface area contributed by atoms with E-state index in [1.807, 2.05) is 19.9 Å². The summed E-state index contributed by atoms with van der Waals surface area (Å²) in [5.41, 5.74) is 1.14. The molecule has 0 fully saturated rings. The fourth-order valence-electron chi connectivity index (χ4n) is 2.44. The minimum Gasteiger partial charge on any atom is -0.479 e. The van der Waals surface area contributed by atoms with Crippen LogP contribution in [-0.2, 0) is 9.59 Å². The summed E-state index contributed by atoms with van der Waals surface area (Å²) in [6.07, 6.45) is 0.0216. The molecule has 2 rings (SSSR count). The van der Waals surface area contributed by atoms with Gasteiger partial charge in [-0.25, -0.2) is 4.79 Å². The second kappa shape index (κ2) is 7.88. The number of hydrogen-bond acceptors (Lipinski definition) is 4. The number of benzene rings is 1. The van der Waals surface area contributed by atoms with Crippen molar-refractivity contribution >= 4 is 29.0 Å². The molecule has 0 radical (unpaired) electrons. The quantitative estimate of drug-likeness (QED) is 0.755. The van der Waals surface area contributed by atoms with Crippen LogP contribution in [0.25, 0.3) is 0 Å². The maximum Gasteiger partial charge on any atom is 0.330 e. The first kappa shape index (κ1) is 17.9. The fourth-order valence-corrected chi connectivity index (χ4v) is 3.38. The number of carbonyl (C=O) groups is 3. The van der Waals surface area contributed by atoms with Gasteiger partial charge in [0.1, 0.15) is 0 Å². The largest absolute Gasteiger partial charge is 0.479 e. The maximum atomic E-state index is 12.2. The van der Waals surface area contributed by atoms with Crippen LogP contribution in [0.2, 0.25) is 0 Å². The van der Waals surface area contributed by atoms with Gasteiger partial charge in [0.05, 0.1) is 0 Å². The number of carboxylic acid groups (broad SMARTS) is 1. The fraction of sp³-hybridized carbons (Fsp3) is 0.278. The first-order chi connectivity index (χ1) is 11.4. The van der Waals surface area contributed by atoms with Gasteiger partial charge in [-0.05, 0) is 25.5 Å². The summed E-state index contributed by atoms with van der Waals surface area (Å²) in [4.78, 5) is 37.6. The second-order valence-corrected chi connectivity index (χ2v) is 6.96. The SMILES string of the molecule is Cc1cc(C(=O)CCC(=O)N[C@H](C(=O)O)c2ccccc2)c(C)s1. The highest BCUT2D eigenvalue weighted by molar-refractivity contribution is 7.12. The van der Waals surface area contributed by atoms with Gasteiger partial charge >= 0.3 is 5.97 Å². The third kappa shape index (κ3) is 4.52. The number of carbonyl (C=O) groups excluding carboxylic acids is 2. The molecule has 0 unspecified atom stereocenters. The lowest BCUT2D eigenvalue weighted by molar-refractivity contribution is -0.142. The van der Waals surface area contributed by atoms with Crippen molar-refractivity contribution < 1.29 is 19.5 Å². The molecular formula is C18H19NO4S. The number of rotatable bonds is 7. The van der Waals surface area contributed by atoms with Crippen LogP contribution in [-0.4, -0.2) is 22.8 Å². The lowest BCUT2D eigenvalue weighted by atomic mass is 10.1. The van der Waals surface area contributed by atoms with E-state index in [0.717, 1.165) is 9.75 Å². The number of Topliss-reactive ketones (excluding diaryl/α,β-unsaturated/α-hetero) is 1. The summed E-state index contributed by atoms with van der Waals surface area (Å²) < 4.78 is 0. The Kier molecular flexibility index (Phi) is 5.87. The van der Waals surface area contributed by atoms with Gasteiger partial charge < -0.3 is 10.4 Å². The summed E-state index contributed by atoms with van der Waals surface area (Å²) in [6, 6.07) is 9.19. The van der Waals surface area contributed by atoms with Crippen molar-refractivity contribution in [2.24, 2.45) is 0 Å². The smallest absolute Gasteiger partial charge is 0.330 e. The van der Waals surface area contributed by atoms with Crippen LogP contribution in [0.3, 0.4) is 0 Å². The molecule has 1 aromatic heterocycles. The molecule has 1 amide bonds. The number of carboxylic acids is 1. The van der Waals surface area contributed by atoms with E-state index in [2.05, 4.69) is 5.32 Å². The molecule has 0 bridgehead atoms. The van der Waals surface area contributed by atoms with E-state index in [0.29, 0.717) is 11.1 Å². The molecule has 1 atom stereocenters. The van der Waals surface area contributed by atoms with Gasteiger partial charge in [-0.15, -0.1) is 11.3 Å². The third-order valence-electron chi connectivity index (χ3n) is 3.61. The van der Waals surface area contributed by atoms with Crippen molar-refractivity contribution in [2.45, 2.75) is 32.7 Å². The summed E-state index contributed by atoms with van der Waals surface area (Å²) in [5, 5.41) is 11.8. The Bertz CT molecular complexity index is 752. The number of aryl methyl sites for hydroxylation is 2. The molecule has 2 aromatic rings. The average Bonchev–Trinajstić information content (AvgIpc) is 2.89. The molecule has 126 valence electrons. The van der Waals surface area contributed by atoms with Crippen molar-refractivity contribution in [3.63, 3.8) is 0 Å². The van der Waals surface area contributed by atoms with Crippen LogP contribution < -0.4 is 5.32 Å². The number of thiophene rings is 1. The molecule has 1 heterocycles. The molecule has 0 saturated heterocycles. The monoisotopic (exact) mass is 345 g/mol. The average molecular weight is 345 g/mol. The van der Waals surface area contributed by atoms with Crippen molar-refractivity contribution in [2.75, 3.05) is 0 Å². The van der Waals surface area contributed by atoms with Crippen LogP contribution in [0.1, 0.15) is 44.6 Å². The van der Waals surface area contributed by atoms with Gasteiger partial charge in [0.15, 0.2) is 11.8 Å². The van der Waals surface area contributed by atoms with Gasteiger partial charge in [0.2, 0.25) is 5.91 Å². The number of aliphatic carboxylic acids is 1. The highest BCUT2D eigenvalue weighted by Crippen LogP contribution is 2.22. The van der Waals surface area contributed by atoms with E-state index in [1.54, 1.807) is 41.7 Å². The van der Waals surface area contributed by atoms with E-state index in [-0.39, 0.29) is 18.6 Å². The van der Waals surface area contributed by atoms with Crippen LogP contribution in [0.5, 0.6) is 0 Å².